The lowest BCUT2D eigenvalue weighted by Crippen LogP contribution is -2.00. The quantitative estimate of drug-likeness (QED) is 0.596. The van der Waals surface area contributed by atoms with Crippen LogP contribution in [0.15, 0.2) is 18.2 Å². The van der Waals surface area contributed by atoms with Crippen LogP contribution < -0.4 is 0 Å². The van der Waals surface area contributed by atoms with Crippen LogP contribution in [-0.4, -0.2) is 11.1 Å². The number of carbonyl (C=O) groups excluding carboxylic acids is 1. The van der Waals surface area contributed by atoms with Crippen LogP contribution in [0, 0.1) is 0 Å². The molecule has 1 aromatic carbocycles. The number of ketones is 1. The van der Waals surface area contributed by atoms with E-state index in [9.17, 15) is 4.79 Å². The van der Waals surface area contributed by atoms with Gasteiger partial charge < -0.3 is 0 Å². The Hall–Kier alpha value is -0.0500. The van der Waals surface area contributed by atoms with Crippen LogP contribution in [0.4, 0.5) is 0 Å². The molecule has 0 aliphatic carbocycles. The first-order chi connectivity index (χ1) is 6.65. The van der Waals surface area contributed by atoms with Gasteiger partial charge in [-0.05, 0) is 24.6 Å². The molecule has 0 aromatic heterocycles. The van der Waals surface area contributed by atoms with Crippen LogP contribution in [0.5, 0.6) is 0 Å². The fourth-order valence-electron chi connectivity index (χ4n) is 1.07. The van der Waals surface area contributed by atoms with E-state index in [1.165, 1.54) is 0 Å². The van der Waals surface area contributed by atoms with Crippen LogP contribution in [0.25, 0.3) is 0 Å². The van der Waals surface area contributed by atoms with Gasteiger partial charge >= 0.3 is 0 Å². The summed E-state index contributed by atoms with van der Waals surface area (Å²) in [6.45, 7) is 0. The summed E-state index contributed by atoms with van der Waals surface area (Å²) in [5, 5.41) is 1.82. The van der Waals surface area contributed by atoms with Gasteiger partial charge in [0.1, 0.15) is 0 Å². The third-order valence-electron chi connectivity index (χ3n) is 1.77. The maximum Gasteiger partial charge on any atom is 0.164 e. The van der Waals surface area contributed by atoms with Gasteiger partial charge in [-0.3, -0.25) is 4.79 Å². The summed E-state index contributed by atoms with van der Waals surface area (Å²) in [6.07, 6.45) is 1.30. The number of hydrogen-bond donors (Lipinski definition) is 0. The van der Waals surface area contributed by atoms with Gasteiger partial charge in [0.05, 0.1) is 5.02 Å². The Morgan fingerprint density at radius 2 is 2.07 bits per heavy atom. The number of benzene rings is 1. The van der Waals surface area contributed by atoms with Crippen LogP contribution in [0.3, 0.4) is 0 Å². The van der Waals surface area contributed by atoms with Gasteiger partial charge in [-0.25, -0.2) is 0 Å². The third-order valence-corrected chi connectivity index (χ3v) is 2.89. The van der Waals surface area contributed by atoms with E-state index in [2.05, 4.69) is 15.9 Å². The summed E-state index contributed by atoms with van der Waals surface area (Å²) < 4.78 is 0. The second-order valence-electron chi connectivity index (χ2n) is 2.84. The highest BCUT2D eigenvalue weighted by atomic mass is 79.9. The third kappa shape index (κ3) is 3.26. The number of Topliss-reactive ketones (excluding diaryl/α,β-unsaturated/α-hetero) is 1. The van der Waals surface area contributed by atoms with E-state index in [0.29, 0.717) is 22.0 Å². The molecule has 14 heavy (non-hydrogen) atoms. The van der Waals surface area contributed by atoms with Gasteiger partial charge in [-0.1, -0.05) is 39.1 Å². The summed E-state index contributed by atoms with van der Waals surface area (Å²) >= 11 is 14.9. The van der Waals surface area contributed by atoms with Crippen molar-refractivity contribution >= 4 is 44.9 Å². The molecule has 1 aromatic rings. The molecule has 1 rings (SSSR count). The molecule has 0 amide bonds. The highest BCUT2D eigenvalue weighted by Crippen LogP contribution is 2.22. The van der Waals surface area contributed by atoms with Crippen molar-refractivity contribution in [2.45, 2.75) is 12.8 Å². The molecule has 0 spiro atoms. The number of rotatable bonds is 4. The van der Waals surface area contributed by atoms with Crippen molar-refractivity contribution in [3.05, 3.63) is 33.8 Å². The second-order valence-corrected chi connectivity index (χ2v) is 4.48. The van der Waals surface area contributed by atoms with E-state index in [0.717, 1.165) is 11.8 Å². The second kappa shape index (κ2) is 5.74. The van der Waals surface area contributed by atoms with E-state index in [1.54, 1.807) is 18.2 Å². The minimum atomic E-state index is 0.0388. The molecule has 76 valence electrons. The van der Waals surface area contributed by atoms with E-state index in [1.807, 2.05) is 0 Å². The van der Waals surface area contributed by atoms with Gasteiger partial charge in [-0.2, -0.15) is 0 Å². The van der Waals surface area contributed by atoms with Crippen LogP contribution >= 0.6 is 39.1 Å². The van der Waals surface area contributed by atoms with E-state index in [-0.39, 0.29) is 5.78 Å². The van der Waals surface area contributed by atoms with E-state index in [4.69, 9.17) is 23.2 Å². The topological polar surface area (TPSA) is 17.1 Å². The molecule has 0 aliphatic heterocycles. The predicted molar refractivity (Wildman–Crippen MR) is 63.8 cm³/mol. The van der Waals surface area contributed by atoms with Gasteiger partial charge in [0.2, 0.25) is 0 Å². The minimum absolute atomic E-state index is 0.0388. The first-order valence-corrected chi connectivity index (χ1v) is 6.07. The standard InChI is InChI=1S/C10H9BrCl2O/c11-5-1-2-10(14)8-6-7(12)3-4-9(8)13/h3-4,6H,1-2,5H2. The predicted octanol–water partition coefficient (Wildman–Crippen LogP) is 4.35. The van der Waals surface area contributed by atoms with Crippen LogP contribution in [0.2, 0.25) is 10.0 Å². The molecule has 0 fully saturated rings. The lowest BCUT2D eigenvalue weighted by atomic mass is 10.1. The molecule has 0 unspecified atom stereocenters. The van der Waals surface area contributed by atoms with Crippen LogP contribution in [0.1, 0.15) is 23.2 Å². The molecular formula is C10H9BrCl2O. The molecule has 0 N–H and O–H groups in total. The fraction of sp³-hybridized carbons (Fsp3) is 0.300. The normalized spacial score (nSPS) is 10.2. The maximum absolute atomic E-state index is 11.6. The van der Waals surface area contributed by atoms with E-state index < -0.39 is 0 Å². The lowest BCUT2D eigenvalue weighted by Gasteiger charge is -2.02. The number of carbonyl (C=O) groups is 1. The minimum Gasteiger partial charge on any atom is -0.294 e. The monoisotopic (exact) mass is 294 g/mol. The zero-order valence-electron chi connectivity index (χ0n) is 7.40. The van der Waals surface area contributed by atoms with Gasteiger partial charge in [0.25, 0.3) is 0 Å². The summed E-state index contributed by atoms with van der Waals surface area (Å²) in [5.74, 6) is 0.0388. The average Bonchev–Trinajstić information content (AvgIpc) is 2.18. The Bertz CT molecular complexity index is 339. The SMILES string of the molecule is O=C(CCCBr)c1cc(Cl)ccc1Cl. The summed E-state index contributed by atoms with van der Waals surface area (Å²) in [5.41, 5.74) is 0.514. The average molecular weight is 296 g/mol. The van der Waals surface area contributed by atoms with Crippen molar-refractivity contribution in [1.82, 2.24) is 0 Å². The Morgan fingerprint density at radius 1 is 1.36 bits per heavy atom. The summed E-state index contributed by atoms with van der Waals surface area (Å²) in [7, 11) is 0. The zero-order chi connectivity index (χ0) is 10.6. The Morgan fingerprint density at radius 3 is 2.71 bits per heavy atom. The van der Waals surface area contributed by atoms with Crippen molar-refractivity contribution in [2.24, 2.45) is 0 Å². The smallest absolute Gasteiger partial charge is 0.164 e. The lowest BCUT2D eigenvalue weighted by molar-refractivity contribution is 0.0982. The van der Waals surface area contributed by atoms with E-state index >= 15 is 0 Å². The molecule has 0 atom stereocenters. The van der Waals surface area contributed by atoms with Gasteiger partial charge in [0, 0.05) is 22.3 Å². The van der Waals surface area contributed by atoms with Crippen molar-refractivity contribution in [3.63, 3.8) is 0 Å². The molecule has 4 heteroatoms. The molecule has 0 radical (unpaired) electrons. The zero-order valence-corrected chi connectivity index (χ0v) is 10.5. The Balaban J connectivity index is 2.83. The molecule has 0 saturated carbocycles. The molecule has 1 nitrogen and oxygen atoms in total. The molecule has 0 bridgehead atoms. The largest absolute Gasteiger partial charge is 0.294 e. The Labute approximate surface area is 102 Å². The fourth-order valence-corrected chi connectivity index (χ4v) is 1.75. The number of alkyl halides is 1. The van der Waals surface area contributed by atoms with Gasteiger partial charge in [0.15, 0.2) is 5.78 Å². The van der Waals surface area contributed by atoms with Crippen molar-refractivity contribution in [2.75, 3.05) is 5.33 Å². The molecule has 0 heterocycles. The highest BCUT2D eigenvalue weighted by molar-refractivity contribution is 9.09. The van der Waals surface area contributed by atoms with Crippen molar-refractivity contribution in [1.29, 1.82) is 0 Å². The maximum atomic E-state index is 11.6. The summed E-state index contributed by atoms with van der Waals surface area (Å²) in [4.78, 5) is 11.6. The van der Waals surface area contributed by atoms with Crippen molar-refractivity contribution in [3.8, 4) is 0 Å². The molecule has 0 aliphatic rings. The summed E-state index contributed by atoms with van der Waals surface area (Å²) in [6, 6.07) is 4.93. The number of hydrogen-bond acceptors (Lipinski definition) is 1. The molecular weight excluding hydrogens is 287 g/mol. The molecule has 0 saturated heterocycles. The van der Waals surface area contributed by atoms with Gasteiger partial charge in [-0.15, -0.1) is 0 Å². The highest BCUT2D eigenvalue weighted by Gasteiger charge is 2.10. The number of halogens is 3. The first kappa shape index (κ1) is 12.0. The first-order valence-electron chi connectivity index (χ1n) is 4.19. The Kier molecular flexibility index (Phi) is 4.93. The van der Waals surface area contributed by atoms with Crippen molar-refractivity contribution < 1.29 is 4.79 Å². The van der Waals surface area contributed by atoms with Crippen LogP contribution in [-0.2, 0) is 0 Å².